The third kappa shape index (κ3) is 4.50. The molecule has 0 radical (unpaired) electrons. The van der Waals surface area contributed by atoms with Gasteiger partial charge in [0.05, 0.1) is 7.11 Å². The highest BCUT2D eigenvalue weighted by Gasteiger charge is 2.24. The second-order valence-corrected chi connectivity index (χ2v) is 5.75. The van der Waals surface area contributed by atoms with Crippen LogP contribution in [-0.4, -0.2) is 31.6 Å². The molecule has 3 heteroatoms. The molecule has 0 spiro atoms. The van der Waals surface area contributed by atoms with Gasteiger partial charge in [-0.3, -0.25) is 4.90 Å². The van der Waals surface area contributed by atoms with Gasteiger partial charge in [0.2, 0.25) is 0 Å². The first-order chi connectivity index (χ1) is 9.53. The van der Waals surface area contributed by atoms with E-state index in [9.17, 15) is 0 Å². The van der Waals surface area contributed by atoms with Crippen LogP contribution in [0.25, 0.3) is 0 Å². The Bertz CT molecular complexity index is 394. The summed E-state index contributed by atoms with van der Waals surface area (Å²) in [7, 11) is 3.88. The van der Waals surface area contributed by atoms with Crippen LogP contribution in [0.2, 0.25) is 0 Å². The summed E-state index contributed by atoms with van der Waals surface area (Å²) >= 11 is 0. The van der Waals surface area contributed by atoms with Crippen LogP contribution in [-0.2, 0) is 0 Å². The molecular weight excluding hydrogens is 248 g/mol. The molecule has 1 rings (SSSR count). The average molecular weight is 278 g/mol. The monoisotopic (exact) mass is 278 g/mol. The Hall–Kier alpha value is -1.06. The first-order valence-corrected chi connectivity index (χ1v) is 7.63. The lowest BCUT2D eigenvalue weighted by atomic mass is 9.95. The topological polar surface area (TPSA) is 38.5 Å². The molecule has 20 heavy (non-hydrogen) atoms. The Morgan fingerprint density at radius 3 is 2.50 bits per heavy atom. The van der Waals surface area contributed by atoms with Crippen molar-refractivity contribution in [2.45, 2.75) is 45.7 Å². The highest BCUT2D eigenvalue weighted by Crippen LogP contribution is 2.27. The van der Waals surface area contributed by atoms with E-state index in [1.54, 1.807) is 7.11 Å². The van der Waals surface area contributed by atoms with Gasteiger partial charge in [0, 0.05) is 18.6 Å². The van der Waals surface area contributed by atoms with Crippen molar-refractivity contribution in [2.24, 2.45) is 11.7 Å². The van der Waals surface area contributed by atoms with Gasteiger partial charge in [0.25, 0.3) is 0 Å². The Morgan fingerprint density at radius 1 is 1.25 bits per heavy atom. The number of nitrogens with two attached hydrogens (primary N) is 1. The van der Waals surface area contributed by atoms with E-state index in [2.05, 4.69) is 44.9 Å². The van der Waals surface area contributed by atoms with Gasteiger partial charge in [-0.1, -0.05) is 39.3 Å². The maximum absolute atomic E-state index is 6.38. The molecule has 2 N–H and O–H groups in total. The van der Waals surface area contributed by atoms with E-state index in [0.717, 1.165) is 18.7 Å². The molecule has 0 amide bonds. The van der Waals surface area contributed by atoms with E-state index in [4.69, 9.17) is 10.5 Å². The van der Waals surface area contributed by atoms with Crippen molar-refractivity contribution >= 4 is 0 Å². The minimum Gasteiger partial charge on any atom is -0.497 e. The molecule has 0 saturated heterocycles. The van der Waals surface area contributed by atoms with Gasteiger partial charge < -0.3 is 10.5 Å². The van der Waals surface area contributed by atoms with Crippen molar-refractivity contribution in [2.75, 3.05) is 20.7 Å². The van der Waals surface area contributed by atoms with Crippen LogP contribution in [0.1, 0.15) is 45.2 Å². The molecule has 0 aliphatic rings. The lowest BCUT2D eigenvalue weighted by molar-refractivity contribution is 0.182. The average Bonchev–Trinajstić information content (AvgIpc) is 2.47. The summed E-state index contributed by atoms with van der Waals surface area (Å²) in [4.78, 5) is 2.39. The van der Waals surface area contributed by atoms with Crippen LogP contribution < -0.4 is 10.5 Å². The van der Waals surface area contributed by atoms with E-state index < -0.39 is 0 Å². The summed E-state index contributed by atoms with van der Waals surface area (Å²) in [6.07, 6.45) is 2.16. The van der Waals surface area contributed by atoms with Crippen molar-refractivity contribution in [3.63, 3.8) is 0 Å². The number of nitrogens with zero attached hydrogens (tertiary/aromatic N) is 1. The highest BCUT2D eigenvalue weighted by molar-refractivity contribution is 5.31. The zero-order valence-electron chi connectivity index (χ0n) is 13.6. The summed E-state index contributed by atoms with van der Waals surface area (Å²) in [5.74, 6) is 1.57. The number of hydrogen-bond donors (Lipinski definition) is 1. The summed E-state index contributed by atoms with van der Waals surface area (Å²) < 4.78 is 5.34. The van der Waals surface area contributed by atoms with E-state index in [0.29, 0.717) is 5.92 Å². The van der Waals surface area contributed by atoms with Gasteiger partial charge >= 0.3 is 0 Å². The standard InChI is InChI=1S/C17H30N2O/c1-6-13(3)12-19(4)17(16(18)7-2)14-9-8-10-15(11-14)20-5/h8-11,13,16-17H,6-7,12,18H2,1-5H3. The minimum absolute atomic E-state index is 0.135. The number of hydrogen-bond acceptors (Lipinski definition) is 3. The predicted molar refractivity (Wildman–Crippen MR) is 86.1 cm³/mol. The lowest BCUT2D eigenvalue weighted by Crippen LogP contribution is -2.40. The second kappa shape index (κ2) is 8.28. The molecule has 0 aliphatic carbocycles. The normalized spacial score (nSPS) is 15.9. The Morgan fingerprint density at radius 2 is 1.95 bits per heavy atom. The maximum Gasteiger partial charge on any atom is 0.119 e. The lowest BCUT2D eigenvalue weighted by Gasteiger charge is -2.34. The largest absolute Gasteiger partial charge is 0.497 e. The molecule has 3 nitrogen and oxygen atoms in total. The van der Waals surface area contributed by atoms with Crippen molar-refractivity contribution in [1.29, 1.82) is 0 Å². The number of rotatable bonds is 8. The maximum atomic E-state index is 6.38. The van der Waals surface area contributed by atoms with Gasteiger partial charge in [-0.2, -0.15) is 0 Å². The van der Waals surface area contributed by atoms with E-state index in [1.165, 1.54) is 12.0 Å². The van der Waals surface area contributed by atoms with Gasteiger partial charge in [-0.25, -0.2) is 0 Å². The molecule has 3 atom stereocenters. The fraction of sp³-hybridized carbons (Fsp3) is 0.647. The van der Waals surface area contributed by atoms with Gasteiger partial charge in [-0.15, -0.1) is 0 Å². The Labute approximate surface area is 124 Å². The van der Waals surface area contributed by atoms with E-state index in [-0.39, 0.29) is 12.1 Å². The number of ether oxygens (including phenoxy) is 1. The molecule has 0 saturated carbocycles. The molecular formula is C17H30N2O. The fourth-order valence-electron chi connectivity index (χ4n) is 2.61. The van der Waals surface area contributed by atoms with Crippen LogP contribution in [0.5, 0.6) is 5.75 Å². The molecule has 1 aromatic carbocycles. The van der Waals surface area contributed by atoms with Gasteiger partial charge in [0.15, 0.2) is 0 Å². The highest BCUT2D eigenvalue weighted by atomic mass is 16.5. The van der Waals surface area contributed by atoms with Crippen LogP contribution >= 0.6 is 0 Å². The van der Waals surface area contributed by atoms with Crippen molar-refractivity contribution in [1.82, 2.24) is 4.90 Å². The SMILES string of the molecule is CCC(C)CN(C)C(c1cccc(OC)c1)C(N)CC. The van der Waals surface area contributed by atoms with E-state index >= 15 is 0 Å². The molecule has 0 aromatic heterocycles. The number of methoxy groups -OCH3 is 1. The van der Waals surface area contributed by atoms with Crippen LogP contribution in [0.4, 0.5) is 0 Å². The minimum atomic E-state index is 0.135. The summed E-state index contributed by atoms with van der Waals surface area (Å²) in [6, 6.07) is 8.65. The zero-order chi connectivity index (χ0) is 15.1. The molecule has 114 valence electrons. The fourth-order valence-corrected chi connectivity index (χ4v) is 2.61. The molecule has 0 aliphatic heterocycles. The smallest absolute Gasteiger partial charge is 0.119 e. The molecule has 0 bridgehead atoms. The molecule has 1 aromatic rings. The molecule has 0 fully saturated rings. The number of benzene rings is 1. The first kappa shape index (κ1) is 17.0. The summed E-state index contributed by atoms with van der Waals surface area (Å²) in [5.41, 5.74) is 7.62. The van der Waals surface area contributed by atoms with Gasteiger partial charge in [-0.05, 0) is 37.1 Å². The third-order valence-corrected chi connectivity index (χ3v) is 4.08. The second-order valence-electron chi connectivity index (χ2n) is 5.75. The molecule has 3 unspecified atom stereocenters. The van der Waals surface area contributed by atoms with E-state index in [1.807, 2.05) is 12.1 Å². The first-order valence-electron chi connectivity index (χ1n) is 7.63. The Balaban J connectivity index is 2.98. The number of likely N-dealkylation sites (N-methyl/N-ethyl adjacent to an activating group) is 1. The van der Waals surface area contributed by atoms with Gasteiger partial charge in [0.1, 0.15) is 5.75 Å². The predicted octanol–water partition coefficient (Wildman–Crippen LogP) is 3.45. The van der Waals surface area contributed by atoms with Crippen LogP contribution in [0, 0.1) is 5.92 Å². The Kier molecular flexibility index (Phi) is 7.03. The quantitative estimate of drug-likeness (QED) is 0.791. The summed E-state index contributed by atoms with van der Waals surface area (Å²) in [5, 5.41) is 0. The van der Waals surface area contributed by atoms with Crippen molar-refractivity contribution in [3.05, 3.63) is 29.8 Å². The van der Waals surface area contributed by atoms with Crippen LogP contribution in [0.15, 0.2) is 24.3 Å². The van der Waals surface area contributed by atoms with Crippen LogP contribution in [0.3, 0.4) is 0 Å². The summed E-state index contributed by atoms with van der Waals surface area (Å²) in [6.45, 7) is 7.73. The molecule has 0 heterocycles. The third-order valence-electron chi connectivity index (χ3n) is 4.08. The zero-order valence-corrected chi connectivity index (χ0v) is 13.6. The van der Waals surface area contributed by atoms with Crippen molar-refractivity contribution in [3.8, 4) is 5.75 Å². The van der Waals surface area contributed by atoms with Crippen molar-refractivity contribution < 1.29 is 4.74 Å².